The first-order valence-electron chi connectivity index (χ1n) is 7.69. The van der Waals surface area contributed by atoms with Crippen LogP contribution in [0.15, 0.2) is 24.5 Å². The van der Waals surface area contributed by atoms with Gasteiger partial charge >= 0.3 is 0 Å². The lowest BCUT2D eigenvalue weighted by atomic mass is 10.0. The number of hydrogen-bond donors (Lipinski definition) is 2. The first kappa shape index (κ1) is 14.6. The van der Waals surface area contributed by atoms with Crippen LogP contribution in [0.4, 0.5) is 0 Å². The molecule has 0 aliphatic carbocycles. The number of piperidine rings is 1. The third-order valence-corrected chi connectivity index (χ3v) is 4.17. The minimum Gasteiger partial charge on any atom is -0.349 e. The van der Waals surface area contributed by atoms with Gasteiger partial charge in [-0.2, -0.15) is 0 Å². The third-order valence-electron chi connectivity index (χ3n) is 4.17. The van der Waals surface area contributed by atoms with E-state index >= 15 is 0 Å². The minimum atomic E-state index is -0.0724. The molecule has 0 radical (unpaired) electrons. The van der Waals surface area contributed by atoms with Crippen LogP contribution < -0.4 is 5.32 Å². The summed E-state index contributed by atoms with van der Waals surface area (Å²) in [5.41, 5.74) is 2.34. The average molecular weight is 300 g/mol. The molecule has 2 aromatic rings. The largest absolute Gasteiger partial charge is 0.349 e. The molecular weight excluding hydrogens is 280 g/mol. The Kier molecular flexibility index (Phi) is 4.09. The number of carbonyl (C=O) groups is 2. The molecule has 0 bridgehead atoms. The molecule has 1 aromatic carbocycles. The molecule has 2 amide bonds. The van der Waals surface area contributed by atoms with E-state index in [-0.39, 0.29) is 17.9 Å². The van der Waals surface area contributed by atoms with E-state index in [2.05, 4.69) is 15.3 Å². The predicted molar refractivity (Wildman–Crippen MR) is 83.5 cm³/mol. The number of aromatic nitrogens is 2. The van der Waals surface area contributed by atoms with Crippen LogP contribution in [-0.2, 0) is 4.79 Å². The lowest BCUT2D eigenvalue weighted by Gasteiger charge is -2.32. The van der Waals surface area contributed by atoms with Gasteiger partial charge in [0.05, 0.1) is 17.4 Å². The molecule has 22 heavy (non-hydrogen) atoms. The van der Waals surface area contributed by atoms with Gasteiger partial charge in [0.2, 0.25) is 5.91 Å². The van der Waals surface area contributed by atoms with Gasteiger partial charge in [-0.25, -0.2) is 4.98 Å². The highest BCUT2D eigenvalue weighted by Crippen LogP contribution is 2.14. The summed E-state index contributed by atoms with van der Waals surface area (Å²) in [6.45, 7) is 3.32. The van der Waals surface area contributed by atoms with Crippen molar-refractivity contribution in [3.8, 4) is 0 Å². The maximum Gasteiger partial charge on any atom is 0.251 e. The van der Waals surface area contributed by atoms with Crippen LogP contribution >= 0.6 is 0 Å². The molecule has 6 nitrogen and oxygen atoms in total. The van der Waals surface area contributed by atoms with Gasteiger partial charge < -0.3 is 15.2 Å². The Morgan fingerprint density at radius 3 is 2.86 bits per heavy atom. The fourth-order valence-corrected chi connectivity index (χ4v) is 2.84. The molecule has 1 saturated heterocycles. The summed E-state index contributed by atoms with van der Waals surface area (Å²) in [5, 5.41) is 3.06. The van der Waals surface area contributed by atoms with Gasteiger partial charge in [-0.3, -0.25) is 9.59 Å². The van der Waals surface area contributed by atoms with E-state index in [0.29, 0.717) is 12.0 Å². The number of hydrogen-bond acceptors (Lipinski definition) is 3. The van der Waals surface area contributed by atoms with Crippen LogP contribution in [-0.4, -0.2) is 45.8 Å². The fraction of sp³-hybridized carbons (Fsp3) is 0.438. The maximum atomic E-state index is 12.3. The van der Waals surface area contributed by atoms with Crippen LogP contribution in [0.5, 0.6) is 0 Å². The molecule has 0 spiro atoms. The first-order chi connectivity index (χ1) is 10.7. The van der Waals surface area contributed by atoms with Crippen molar-refractivity contribution in [2.45, 2.75) is 32.2 Å². The molecule has 0 unspecified atom stereocenters. The minimum absolute atomic E-state index is 0.0724. The molecule has 116 valence electrons. The van der Waals surface area contributed by atoms with Crippen LogP contribution in [0.2, 0.25) is 0 Å². The summed E-state index contributed by atoms with van der Waals surface area (Å²) in [5.74, 6) is 0.117. The Hall–Kier alpha value is -2.37. The van der Waals surface area contributed by atoms with Crippen molar-refractivity contribution in [2.75, 3.05) is 13.1 Å². The molecule has 3 rings (SSSR count). The predicted octanol–water partition coefficient (Wildman–Crippen LogP) is 1.69. The molecule has 2 N–H and O–H groups in total. The molecule has 2 heterocycles. The SMILES string of the molecule is CCC(=O)N1CCC(NC(=O)c2ccc3nc[nH]c3c2)CC1. The van der Waals surface area contributed by atoms with E-state index in [1.165, 1.54) is 0 Å². The molecule has 1 aliphatic heterocycles. The molecule has 1 fully saturated rings. The number of H-pyrrole nitrogens is 1. The summed E-state index contributed by atoms with van der Waals surface area (Å²) in [4.78, 5) is 33.0. The van der Waals surface area contributed by atoms with Gasteiger partial charge in [0.15, 0.2) is 0 Å². The average Bonchev–Trinajstić information content (AvgIpc) is 3.02. The van der Waals surface area contributed by atoms with E-state index in [1.54, 1.807) is 12.4 Å². The first-order valence-corrected chi connectivity index (χ1v) is 7.69. The standard InChI is InChI=1S/C16H20N4O2/c1-2-15(21)20-7-5-12(6-8-20)19-16(22)11-3-4-13-14(9-11)18-10-17-13/h3-4,9-10,12H,2,5-8H2,1H3,(H,17,18)(H,19,22). The zero-order valence-corrected chi connectivity index (χ0v) is 12.6. The zero-order valence-electron chi connectivity index (χ0n) is 12.6. The van der Waals surface area contributed by atoms with Crippen LogP contribution in [0.3, 0.4) is 0 Å². The summed E-state index contributed by atoms with van der Waals surface area (Å²) in [7, 11) is 0. The Bertz CT molecular complexity index is 686. The third kappa shape index (κ3) is 2.95. The van der Waals surface area contributed by atoms with Gasteiger partial charge in [-0.05, 0) is 31.0 Å². The molecule has 1 aliphatic rings. The molecule has 0 saturated carbocycles. The Morgan fingerprint density at radius 2 is 2.14 bits per heavy atom. The summed E-state index contributed by atoms with van der Waals surface area (Å²) < 4.78 is 0. The van der Waals surface area contributed by atoms with Crippen molar-refractivity contribution in [3.05, 3.63) is 30.1 Å². The number of nitrogens with zero attached hydrogens (tertiary/aromatic N) is 2. The van der Waals surface area contributed by atoms with E-state index in [0.717, 1.165) is 37.0 Å². The number of rotatable bonds is 3. The number of amides is 2. The number of nitrogens with one attached hydrogen (secondary N) is 2. The van der Waals surface area contributed by atoms with Crippen LogP contribution in [0, 0.1) is 0 Å². The van der Waals surface area contributed by atoms with Crippen molar-refractivity contribution in [3.63, 3.8) is 0 Å². The van der Waals surface area contributed by atoms with E-state index < -0.39 is 0 Å². The Morgan fingerprint density at radius 1 is 1.36 bits per heavy atom. The highest BCUT2D eigenvalue weighted by atomic mass is 16.2. The number of benzene rings is 1. The monoisotopic (exact) mass is 300 g/mol. The highest BCUT2D eigenvalue weighted by molar-refractivity contribution is 5.97. The fourth-order valence-electron chi connectivity index (χ4n) is 2.84. The van der Waals surface area contributed by atoms with Crippen LogP contribution in [0.25, 0.3) is 11.0 Å². The van der Waals surface area contributed by atoms with Crippen molar-refractivity contribution < 1.29 is 9.59 Å². The van der Waals surface area contributed by atoms with Gasteiger partial charge in [0, 0.05) is 31.1 Å². The number of fused-ring (bicyclic) bond motifs is 1. The van der Waals surface area contributed by atoms with E-state index in [1.807, 2.05) is 24.0 Å². The van der Waals surface area contributed by atoms with Crippen molar-refractivity contribution in [1.29, 1.82) is 0 Å². The maximum absolute atomic E-state index is 12.3. The lowest BCUT2D eigenvalue weighted by Crippen LogP contribution is -2.46. The Balaban J connectivity index is 1.59. The van der Waals surface area contributed by atoms with Gasteiger partial charge in [-0.15, -0.1) is 0 Å². The van der Waals surface area contributed by atoms with Crippen molar-refractivity contribution in [2.24, 2.45) is 0 Å². The summed E-state index contributed by atoms with van der Waals surface area (Å²) in [6, 6.07) is 5.57. The molecule has 0 atom stereocenters. The van der Waals surface area contributed by atoms with E-state index in [4.69, 9.17) is 0 Å². The zero-order chi connectivity index (χ0) is 15.5. The second-order valence-corrected chi connectivity index (χ2v) is 5.62. The number of likely N-dealkylation sites (tertiary alicyclic amines) is 1. The normalized spacial score (nSPS) is 16.0. The lowest BCUT2D eigenvalue weighted by molar-refractivity contribution is -0.131. The van der Waals surface area contributed by atoms with Gasteiger partial charge in [-0.1, -0.05) is 6.92 Å². The van der Waals surface area contributed by atoms with Gasteiger partial charge in [0.1, 0.15) is 0 Å². The quantitative estimate of drug-likeness (QED) is 0.905. The van der Waals surface area contributed by atoms with Crippen LogP contribution in [0.1, 0.15) is 36.5 Å². The molecule has 6 heteroatoms. The second kappa shape index (κ2) is 6.17. The molecular formula is C16H20N4O2. The number of imidazole rings is 1. The highest BCUT2D eigenvalue weighted by Gasteiger charge is 2.23. The summed E-state index contributed by atoms with van der Waals surface area (Å²) in [6.07, 6.45) is 3.78. The van der Waals surface area contributed by atoms with Crippen molar-refractivity contribution >= 4 is 22.8 Å². The molecule has 1 aromatic heterocycles. The second-order valence-electron chi connectivity index (χ2n) is 5.62. The van der Waals surface area contributed by atoms with Crippen molar-refractivity contribution in [1.82, 2.24) is 20.2 Å². The number of aromatic amines is 1. The topological polar surface area (TPSA) is 78.1 Å². The smallest absolute Gasteiger partial charge is 0.251 e. The van der Waals surface area contributed by atoms with Gasteiger partial charge in [0.25, 0.3) is 5.91 Å². The summed E-state index contributed by atoms with van der Waals surface area (Å²) >= 11 is 0. The number of carbonyl (C=O) groups excluding carboxylic acids is 2. The Labute approximate surface area is 128 Å². The van der Waals surface area contributed by atoms with E-state index in [9.17, 15) is 9.59 Å².